The van der Waals surface area contributed by atoms with E-state index in [9.17, 15) is 0 Å². The van der Waals surface area contributed by atoms with E-state index in [1.165, 1.54) is 0 Å². The Kier molecular flexibility index (Phi) is 4.24. The summed E-state index contributed by atoms with van der Waals surface area (Å²) >= 11 is 6.90. The lowest BCUT2D eigenvalue weighted by Crippen LogP contribution is -2.00. The van der Waals surface area contributed by atoms with Crippen molar-refractivity contribution in [3.05, 3.63) is 63.0 Å². The van der Waals surface area contributed by atoms with E-state index >= 15 is 0 Å². The number of hydrogen-bond donors (Lipinski definition) is 1. The maximum Gasteiger partial charge on any atom is 0.220 e. The fourth-order valence-corrected chi connectivity index (χ4v) is 3.24. The van der Waals surface area contributed by atoms with Gasteiger partial charge in [-0.15, -0.1) is 0 Å². The summed E-state index contributed by atoms with van der Waals surface area (Å²) in [5.74, 6) is 1.25. The zero-order valence-corrected chi connectivity index (χ0v) is 14.2. The number of pyridine rings is 1. The highest BCUT2D eigenvalue weighted by atomic mass is 79.9. The van der Waals surface area contributed by atoms with Gasteiger partial charge in [0.2, 0.25) is 5.88 Å². The first kappa shape index (κ1) is 14.5. The molecule has 0 bridgehead atoms. The lowest BCUT2D eigenvalue weighted by atomic mass is 10.1. The van der Waals surface area contributed by atoms with Gasteiger partial charge in [-0.05, 0) is 45.8 Å². The monoisotopic (exact) mass is 406 g/mol. The van der Waals surface area contributed by atoms with E-state index < -0.39 is 0 Å². The summed E-state index contributed by atoms with van der Waals surface area (Å²) in [4.78, 5) is 4.53. The molecule has 0 amide bonds. The molecule has 5 heteroatoms. The summed E-state index contributed by atoms with van der Waals surface area (Å²) in [6.45, 7) is 0.445. The van der Waals surface area contributed by atoms with E-state index in [0.717, 1.165) is 25.4 Å². The molecule has 3 nitrogen and oxygen atoms in total. The normalized spacial score (nSPS) is 10.8. The van der Waals surface area contributed by atoms with Crippen LogP contribution in [0.1, 0.15) is 5.56 Å². The number of nitrogens with two attached hydrogens (primary N) is 1. The van der Waals surface area contributed by atoms with Crippen LogP contribution >= 0.6 is 31.9 Å². The molecule has 0 fully saturated rings. The van der Waals surface area contributed by atoms with Gasteiger partial charge in [-0.2, -0.15) is 0 Å². The molecular weight excluding hydrogens is 396 g/mol. The van der Waals surface area contributed by atoms with Gasteiger partial charge < -0.3 is 10.5 Å². The summed E-state index contributed by atoms with van der Waals surface area (Å²) in [6, 6.07) is 15.5. The Hall–Kier alpha value is -1.43. The third-order valence-corrected chi connectivity index (χ3v) is 4.22. The van der Waals surface area contributed by atoms with Crippen molar-refractivity contribution in [3.8, 4) is 11.6 Å². The van der Waals surface area contributed by atoms with E-state index in [1.807, 2.05) is 48.5 Å². The Bertz CT molecular complexity index is 805. The molecule has 0 aliphatic rings. The van der Waals surface area contributed by atoms with Crippen molar-refractivity contribution in [3.63, 3.8) is 0 Å². The van der Waals surface area contributed by atoms with Crippen LogP contribution in [-0.4, -0.2) is 4.98 Å². The average molecular weight is 408 g/mol. The van der Waals surface area contributed by atoms with Gasteiger partial charge >= 0.3 is 0 Å². The number of ether oxygens (including phenoxy) is 1. The third-order valence-electron chi connectivity index (χ3n) is 3.11. The molecule has 0 atom stereocenters. The van der Waals surface area contributed by atoms with E-state index in [0.29, 0.717) is 18.2 Å². The molecule has 0 aliphatic carbocycles. The smallest absolute Gasteiger partial charge is 0.220 e. The van der Waals surface area contributed by atoms with E-state index in [4.69, 9.17) is 10.5 Å². The summed E-state index contributed by atoms with van der Waals surface area (Å²) in [5.41, 5.74) is 7.73. The van der Waals surface area contributed by atoms with E-state index in [1.54, 1.807) is 0 Å². The van der Waals surface area contributed by atoms with Crippen LogP contribution < -0.4 is 10.5 Å². The van der Waals surface area contributed by atoms with Crippen LogP contribution in [0.4, 0.5) is 0 Å². The van der Waals surface area contributed by atoms with Crippen LogP contribution in [0.2, 0.25) is 0 Å². The molecule has 0 aliphatic heterocycles. The second kappa shape index (κ2) is 6.13. The quantitative estimate of drug-likeness (QED) is 0.663. The zero-order chi connectivity index (χ0) is 14.8. The number of fused-ring (bicyclic) bond motifs is 1. The molecule has 0 spiro atoms. The first-order chi connectivity index (χ1) is 10.2. The van der Waals surface area contributed by atoms with Gasteiger partial charge in [-0.3, -0.25) is 0 Å². The predicted octanol–water partition coefficient (Wildman–Crippen LogP) is 5.01. The zero-order valence-electron chi connectivity index (χ0n) is 11.0. The van der Waals surface area contributed by atoms with Crippen LogP contribution in [0.25, 0.3) is 10.9 Å². The first-order valence-corrected chi connectivity index (χ1v) is 7.97. The maximum atomic E-state index is 5.88. The van der Waals surface area contributed by atoms with Crippen molar-refractivity contribution in [1.82, 2.24) is 4.98 Å². The van der Waals surface area contributed by atoms with Crippen LogP contribution in [-0.2, 0) is 6.54 Å². The number of aromatic nitrogens is 1. The minimum atomic E-state index is 0.445. The lowest BCUT2D eigenvalue weighted by molar-refractivity contribution is 0.461. The standard InChI is InChI=1S/C16H12Br2N2O/c17-11-5-6-15(13(18)8-11)21-16-7-10(9-19)12-3-1-2-4-14(12)20-16/h1-8H,9,19H2. The molecular formula is C16H12Br2N2O. The largest absolute Gasteiger partial charge is 0.438 e. The summed E-state index contributed by atoms with van der Waals surface area (Å²) in [6.07, 6.45) is 0. The van der Waals surface area contributed by atoms with Gasteiger partial charge in [0.15, 0.2) is 0 Å². The predicted molar refractivity (Wildman–Crippen MR) is 91.6 cm³/mol. The Morgan fingerprint density at radius 1 is 1.05 bits per heavy atom. The number of benzene rings is 2. The number of rotatable bonds is 3. The van der Waals surface area contributed by atoms with Gasteiger partial charge in [-0.1, -0.05) is 34.1 Å². The molecule has 0 saturated carbocycles. The fraction of sp³-hybridized carbons (Fsp3) is 0.0625. The lowest BCUT2D eigenvalue weighted by Gasteiger charge is -2.10. The molecule has 0 saturated heterocycles. The van der Waals surface area contributed by atoms with Crippen LogP contribution in [0, 0.1) is 0 Å². The minimum Gasteiger partial charge on any atom is -0.438 e. The third kappa shape index (κ3) is 3.10. The molecule has 21 heavy (non-hydrogen) atoms. The second-order valence-corrected chi connectivity index (χ2v) is 6.29. The molecule has 0 radical (unpaired) electrons. The highest BCUT2D eigenvalue weighted by molar-refractivity contribution is 9.11. The Labute approximate surface area is 139 Å². The van der Waals surface area contributed by atoms with Gasteiger partial charge in [0.05, 0.1) is 9.99 Å². The molecule has 2 aromatic carbocycles. The van der Waals surface area contributed by atoms with E-state index in [-0.39, 0.29) is 0 Å². The summed E-state index contributed by atoms with van der Waals surface area (Å²) in [7, 11) is 0. The first-order valence-electron chi connectivity index (χ1n) is 6.39. The summed E-state index contributed by atoms with van der Waals surface area (Å²) in [5, 5.41) is 1.06. The summed E-state index contributed by atoms with van der Waals surface area (Å²) < 4.78 is 7.72. The Balaban J connectivity index is 2.04. The van der Waals surface area contributed by atoms with E-state index in [2.05, 4.69) is 36.8 Å². The van der Waals surface area contributed by atoms with Crippen molar-refractivity contribution in [2.24, 2.45) is 5.73 Å². The van der Waals surface area contributed by atoms with Gasteiger partial charge in [-0.25, -0.2) is 4.98 Å². The van der Waals surface area contributed by atoms with Gasteiger partial charge in [0, 0.05) is 22.5 Å². The molecule has 3 aromatic rings. The minimum absolute atomic E-state index is 0.445. The molecule has 0 unspecified atom stereocenters. The molecule has 106 valence electrons. The molecule has 1 aromatic heterocycles. The molecule has 3 rings (SSSR count). The number of nitrogens with zero attached hydrogens (tertiary/aromatic N) is 1. The second-order valence-electron chi connectivity index (χ2n) is 4.52. The van der Waals surface area contributed by atoms with Gasteiger partial charge in [0.25, 0.3) is 0 Å². The number of para-hydroxylation sites is 1. The number of halogens is 2. The van der Waals surface area contributed by atoms with Gasteiger partial charge in [0.1, 0.15) is 5.75 Å². The molecule has 1 heterocycles. The van der Waals surface area contributed by atoms with Crippen LogP contribution in [0.15, 0.2) is 57.5 Å². The maximum absolute atomic E-state index is 5.88. The van der Waals surface area contributed by atoms with Crippen molar-refractivity contribution in [2.45, 2.75) is 6.54 Å². The van der Waals surface area contributed by atoms with Crippen molar-refractivity contribution < 1.29 is 4.74 Å². The van der Waals surface area contributed by atoms with Crippen LogP contribution in [0.5, 0.6) is 11.6 Å². The van der Waals surface area contributed by atoms with Crippen molar-refractivity contribution in [1.29, 1.82) is 0 Å². The molecule has 2 N–H and O–H groups in total. The average Bonchev–Trinajstić information content (AvgIpc) is 2.49. The highest BCUT2D eigenvalue weighted by Gasteiger charge is 2.08. The van der Waals surface area contributed by atoms with Crippen LogP contribution in [0.3, 0.4) is 0 Å². The fourth-order valence-electron chi connectivity index (χ4n) is 2.11. The topological polar surface area (TPSA) is 48.1 Å². The highest BCUT2D eigenvalue weighted by Crippen LogP contribution is 2.32. The number of hydrogen-bond acceptors (Lipinski definition) is 3. The van der Waals surface area contributed by atoms with Crippen molar-refractivity contribution >= 4 is 42.8 Å². The Morgan fingerprint density at radius 2 is 1.86 bits per heavy atom. The van der Waals surface area contributed by atoms with Crippen molar-refractivity contribution in [2.75, 3.05) is 0 Å². The SMILES string of the molecule is NCc1cc(Oc2ccc(Br)cc2Br)nc2ccccc12. The Morgan fingerprint density at radius 3 is 2.62 bits per heavy atom.